The van der Waals surface area contributed by atoms with Crippen LogP contribution in [0.15, 0.2) is 95.6 Å². The van der Waals surface area contributed by atoms with Crippen LogP contribution in [0.5, 0.6) is 11.5 Å². The summed E-state index contributed by atoms with van der Waals surface area (Å²) in [6.45, 7) is 2.12. The zero-order valence-corrected chi connectivity index (χ0v) is 20.0. The molecular weight excluding hydrogens is 478 g/mol. The average Bonchev–Trinajstić information content (AvgIpc) is 3.26. The molecule has 0 spiro atoms. The summed E-state index contributed by atoms with van der Waals surface area (Å²) in [5, 5.41) is 2.25. The fourth-order valence-corrected chi connectivity index (χ4v) is 4.03. The van der Waals surface area contributed by atoms with E-state index >= 15 is 0 Å². The molecule has 0 fully saturated rings. The number of cyclic esters (lactones) is 1. The fraction of sp³-hybridized carbons (Fsp3) is 0.0690. The van der Waals surface area contributed by atoms with E-state index in [1.54, 1.807) is 55.5 Å². The van der Waals surface area contributed by atoms with Crippen LogP contribution in [0, 0.1) is 0 Å². The van der Waals surface area contributed by atoms with Gasteiger partial charge >= 0.3 is 11.9 Å². The topological polar surface area (TPSA) is 74.2 Å². The molecule has 0 aromatic heterocycles. The standard InChI is InChI=1S/C29H20ClNO5/c1-2-34-25-16-18(14-23(30)26(25)35-28(32)20-9-4-3-5-10-20)15-24-29(33)36-27(31-24)22-13-12-19-8-6-7-11-21(19)17-22/h3-17H,2H2,1H3/b24-15-. The van der Waals surface area contributed by atoms with Gasteiger partial charge in [0.25, 0.3) is 0 Å². The molecule has 1 aliphatic rings. The largest absolute Gasteiger partial charge is 0.490 e. The van der Waals surface area contributed by atoms with E-state index in [0.29, 0.717) is 23.3 Å². The van der Waals surface area contributed by atoms with E-state index in [9.17, 15) is 9.59 Å². The van der Waals surface area contributed by atoms with Crippen LogP contribution < -0.4 is 9.47 Å². The molecule has 0 bridgehead atoms. The number of esters is 2. The Morgan fingerprint density at radius 1 is 0.972 bits per heavy atom. The molecule has 4 aromatic carbocycles. The van der Waals surface area contributed by atoms with Crippen molar-refractivity contribution in [2.75, 3.05) is 6.61 Å². The van der Waals surface area contributed by atoms with Gasteiger partial charge in [0.05, 0.1) is 17.2 Å². The van der Waals surface area contributed by atoms with E-state index in [2.05, 4.69) is 4.99 Å². The van der Waals surface area contributed by atoms with Gasteiger partial charge in [0.1, 0.15) is 0 Å². The van der Waals surface area contributed by atoms with Crippen LogP contribution in [0.1, 0.15) is 28.4 Å². The Balaban J connectivity index is 1.45. The van der Waals surface area contributed by atoms with Crippen molar-refractivity contribution in [1.82, 2.24) is 0 Å². The summed E-state index contributed by atoms with van der Waals surface area (Å²) < 4.78 is 16.6. The van der Waals surface area contributed by atoms with Crippen molar-refractivity contribution in [3.05, 3.63) is 112 Å². The Morgan fingerprint density at radius 3 is 2.50 bits per heavy atom. The first-order valence-corrected chi connectivity index (χ1v) is 11.6. The van der Waals surface area contributed by atoms with Crippen LogP contribution in [-0.4, -0.2) is 24.4 Å². The highest BCUT2D eigenvalue weighted by molar-refractivity contribution is 6.32. The second-order valence-electron chi connectivity index (χ2n) is 7.92. The van der Waals surface area contributed by atoms with Crippen molar-refractivity contribution >= 4 is 46.3 Å². The minimum absolute atomic E-state index is 0.101. The monoisotopic (exact) mass is 497 g/mol. The highest BCUT2D eigenvalue weighted by atomic mass is 35.5. The number of aliphatic imine (C=N–C) groups is 1. The number of hydrogen-bond donors (Lipinski definition) is 0. The molecule has 0 aliphatic carbocycles. The molecule has 0 saturated carbocycles. The maximum absolute atomic E-state index is 12.6. The Kier molecular flexibility index (Phi) is 6.52. The van der Waals surface area contributed by atoms with Gasteiger partial charge in [-0.15, -0.1) is 0 Å². The third-order valence-electron chi connectivity index (χ3n) is 5.46. The molecule has 7 heteroatoms. The van der Waals surface area contributed by atoms with E-state index in [0.717, 1.165) is 10.8 Å². The van der Waals surface area contributed by atoms with E-state index in [1.165, 1.54) is 0 Å². The number of benzene rings is 4. The van der Waals surface area contributed by atoms with E-state index in [4.69, 9.17) is 25.8 Å². The van der Waals surface area contributed by atoms with Gasteiger partial charge in [0.15, 0.2) is 17.2 Å². The van der Waals surface area contributed by atoms with Gasteiger partial charge in [-0.3, -0.25) is 0 Å². The predicted octanol–water partition coefficient (Wildman–Crippen LogP) is 6.46. The number of carbonyl (C=O) groups excluding carboxylic acids is 2. The predicted molar refractivity (Wildman–Crippen MR) is 139 cm³/mol. The smallest absolute Gasteiger partial charge is 0.363 e. The van der Waals surface area contributed by atoms with Crippen LogP contribution >= 0.6 is 11.6 Å². The quantitative estimate of drug-likeness (QED) is 0.174. The normalized spacial score (nSPS) is 14.0. The molecule has 178 valence electrons. The lowest BCUT2D eigenvalue weighted by molar-refractivity contribution is -0.129. The lowest BCUT2D eigenvalue weighted by Crippen LogP contribution is -2.10. The van der Waals surface area contributed by atoms with Gasteiger partial charge in [-0.2, -0.15) is 0 Å². The number of carbonyl (C=O) groups is 2. The summed E-state index contributed by atoms with van der Waals surface area (Å²) in [6, 6.07) is 25.4. The number of hydrogen-bond acceptors (Lipinski definition) is 6. The van der Waals surface area contributed by atoms with Crippen LogP contribution in [0.2, 0.25) is 5.02 Å². The molecule has 0 amide bonds. The summed E-state index contributed by atoms with van der Waals surface area (Å²) in [4.78, 5) is 29.5. The average molecular weight is 498 g/mol. The van der Waals surface area contributed by atoms with Gasteiger partial charge in [-0.1, -0.05) is 60.1 Å². The van der Waals surface area contributed by atoms with Crippen LogP contribution in [-0.2, 0) is 9.53 Å². The summed E-state index contributed by atoms with van der Waals surface area (Å²) in [5.74, 6) is -0.544. The fourth-order valence-electron chi connectivity index (χ4n) is 3.77. The van der Waals surface area contributed by atoms with E-state index < -0.39 is 11.9 Å². The minimum Gasteiger partial charge on any atom is -0.490 e. The molecule has 0 N–H and O–H groups in total. The molecular formula is C29H20ClNO5. The maximum Gasteiger partial charge on any atom is 0.363 e. The van der Waals surface area contributed by atoms with E-state index in [-0.39, 0.29) is 28.1 Å². The summed E-state index contributed by atoms with van der Waals surface area (Å²) in [6.07, 6.45) is 1.55. The third-order valence-corrected chi connectivity index (χ3v) is 5.74. The summed E-state index contributed by atoms with van der Waals surface area (Å²) >= 11 is 6.47. The first-order chi connectivity index (χ1) is 17.5. The van der Waals surface area contributed by atoms with Crippen molar-refractivity contribution in [1.29, 1.82) is 0 Å². The molecule has 36 heavy (non-hydrogen) atoms. The SMILES string of the molecule is CCOc1cc(/C=C2\N=C(c3ccc4ccccc4c3)OC2=O)cc(Cl)c1OC(=O)c1ccccc1. The highest BCUT2D eigenvalue weighted by Crippen LogP contribution is 2.38. The lowest BCUT2D eigenvalue weighted by Gasteiger charge is -2.13. The summed E-state index contributed by atoms with van der Waals surface area (Å²) in [5.41, 5.74) is 1.73. The molecule has 0 atom stereocenters. The lowest BCUT2D eigenvalue weighted by atomic mass is 10.1. The molecule has 6 nitrogen and oxygen atoms in total. The number of ether oxygens (including phenoxy) is 3. The number of halogens is 1. The Bertz CT molecular complexity index is 1540. The first-order valence-electron chi connectivity index (χ1n) is 11.3. The molecule has 0 unspecified atom stereocenters. The number of nitrogens with zero attached hydrogens (tertiary/aromatic N) is 1. The molecule has 1 aliphatic heterocycles. The van der Waals surface area contributed by atoms with E-state index in [1.807, 2.05) is 42.5 Å². The van der Waals surface area contributed by atoms with Crippen molar-refractivity contribution in [2.45, 2.75) is 6.92 Å². The molecule has 1 heterocycles. The maximum atomic E-state index is 12.6. The van der Waals surface area contributed by atoms with Gasteiger partial charge in [0, 0.05) is 5.56 Å². The highest BCUT2D eigenvalue weighted by Gasteiger charge is 2.25. The van der Waals surface area contributed by atoms with Crippen LogP contribution in [0.25, 0.3) is 16.8 Å². The van der Waals surface area contributed by atoms with Crippen molar-refractivity contribution in [3.8, 4) is 11.5 Å². The Labute approximate surface area is 212 Å². The number of fused-ring (bicyclic) bond motifs is 1. The van der Waals surface area contributed by atoms with Crippen molar-refractivity contribution in [2.24, 2.45) is 4.99 Å². The number of rotatable bonds is 6. The Hall–Kier alpha value is -4.42. The molecule has 4 aromatic rings. The van der Waals surface area contributed by atoms with Crippen molar-refractivity contribution in [3.63, 3.8) is 0 Å². The van der Waals surface area contributed by atoms with Crippen LogP contribution in [0.3, 0.4) is 0 Å². The minimum atomic E-state index is -0.577. The second kappa shape index (κ2) is 10.1. The summed E-state index contributed by atoms with van der Waals surface area (Å²) in [7, 11) is 0. The van der Waals surface area contributed by atoms with Gasteiger partial charge in [0.2, 0.25) is 5.90 Å². The van der Waals surface area contributed by atoms with Gasteiger partial charge in [-0.25, -0.2) is 14.6 Å². The van der Waals surface area contributed by atoms with Crippen molar-refractivity contribution < 1.29 is 23.8 Å². The van der Waals surface area contributed by atoms with Crippen LogP contribution in [0.4, 0.5) is 0 Å². The first kappa shape index (κ1) is 23.3. The molecule has 0 radical (unpaired) electrons. The Morgan fingerprint density at radius 2 is 1.72 bits per heavy atom. The van der Waals surface area contributed by atoms with Gasteiger partial charge in [-0.05, 0) is 65.7 Å². The van der Waals surface area contributed by atoms with Gasteiger partial charge < -0.3 is 14.2 Å². The zero-order valence-electron chi connectivity index (χ0n) is 19.2. The molecule has 5 rings (SSSR count). The molecule has 0 saturated heterocycles. The third kappa shape index (κ3) is 4.85. The second-order valence-corrected chi connectivity index (χ2v) is 8.32. The zero-order chi connectivity index (χ0) is 25.1.